The predicted octanol–water partition coefficient (Wildman–Crippen LogP) is 2.74. The summed E-state index contributed by atoms with van der Waals surface area (Å²) in [6.07, 6.45) is 2.03. The van der Waals surface area contributed by atoms with Crippen molar-refractivity contribution in [2.24, 2.45) is 0 Å². The Morgan fingerprint density at radius 3 is 2.46 bits per heavy atom. The molecule has 3 N–H and O–H groups in total. The lowest BCUT2D eigenvalue weighted by molar-refractivity contribution is -0.124. The number of amides is 2. The number of aryl methyl sites for hydroxylation is 1. The zero-order chi connectivity index (χ0) is 25.8. The summed E-state index contributed by atoms with van der Waals surface area (Å²) < 4.78 is 6.69. The number of nitrogens with zero attached hydrogens (tertiary/aromatic N) is 3. The van der Waals surface area contributed by atoms with Crippen LogP contribution < -0.4 is 21.1 Å². The van der Waals surface area contributed by atoms with Crippen molar-refractivity contribution < 1.29 is 14.3 Å². The summed E-state index contributed by atoms with van der Waals surface area (Å²) in [5, 5.41) is 13.4. The molecule has 0 fully saturated rings. The van der Waals surface area contributed by atoms with Crippen molar-refractivity contribution in [3.05, 3.63) is 57.8 Å². The first kappa shape index (κ1) is 25.9. The van der Waals surface area contributed by atoms with Gasteiger partial charge in [-0.05, 0) is 46.6 Å². The summed E-state index contributed by atoms with van der Waals surface area (Å²) in [4.78, 5) is 44.3. The van der Waals surface area contributed by atoms with E-state index < -0.39 is 17.7 Å². The minimum Gasteiger partial charge on any atom is -0.444 e. The van der Waals surface area contributed by atoms with E-state index in [2.05, 4.69) is 15.6 Å². The molecule has 1 aromatic carbocycles. The van der Waals surface area contributed by atoms with E-state index in [0.717, 1.165) is 5.56 Å². The van der Waals surface area contributed by atoms with Gasteiger partial charge in [-0.1, -0.05) is 24.3 Å². The first-order chi connectivity index (χ1) is 16.5. The number of fused-ring (bicyclic) bond motifs is 1. The number of hydrogen-bond donors (Lipinski definition) is 3. The van der Waals surface area contributed by atoms with Crippen molar-refractivity contribution in [2.45, 2.75) is 65.6 Å². The normalized spacial score (nSPS) is 14.7. The van der Waals surface area contributed by atoms with Crippen molar-refractivity contribution in [3.63, 3.8) is 0 Å². The minimum absolute atomic E-state index is 0.0757. The molecule has 2 aromatic rings. The Hall–Kier alpha value is -3.69. The van der Waals surface area contributed by atoms with Crippen LogP contribution in [0, 0.1) is 5.41 Å². The molecule has 0 saturated carbocycles. The number of carbonyl (C=O) groups excluding carboxylic acids is 2. The highest BCUT2D eigenvalue weighted by Gasteiger charge is 2.31. The molecule has 3 rings (SSSR count). The maximum Gasteiger partial charge on any atom is 0.413 e. The molecule has 10 heteroatoms. The van der Waals surface area contributed by atoms with Gasteiger partial charge in [0.1, 0.15) is 29.0 Å². The van der Waals surface area contributed by atoms with E-state index >= 15 is 0 Å². The number of carbonyl (C=O) groups is 2. The van der Waals surface area contributed by atoms with Crippen LogP contribution in [-0.2, 0) is 22.5 Å². The lowest BCUT2D eigenvalue weighted by Gasteiger charge is -2.22. The van der Waals surface area contributed by atoms with Crippen LogP contribution in [0.2, 0.25) is 0 Å². The number of hydrogen-bond acceptors (Lipinski definition) is 7. The largest absolute Gasteiger partial charge is 0.444 e. The standard InChI is InChI=1S/C25H34N6O4/c1-6-30(7-2)19-15-27-20-13-12-18(31(20)23(19)33)22(32)28-14-16-8-10-17(11-9-16)21(26)29-24(34)35-25(3,4)5/h8-11,15,18H,6-7,12-14H2,1-5H3,(H,28,32)(H2,26,29,34)/t18-/m0/s1. The summed E-state index contributed by atoms with van der Waals surface area (Å²) in [7, 11) is 0. The Morgan fingerprint density at radius 2 is 1.86 bits per heavy atom. The van der Waals surface area contributed by atoms with E-state index in [1.54, 1.807) is 51.2 Å². The van der Waals surface area contributed by atoms with Crippen LogP contribution in [0.4, 0.5) is 10.5 Å². The highest BCUT2D eigenvalue weighted by Crippen LogP contribution is 2.24. The lowest BCUT2D eigenvalue weighted by Crippen LogP contribution is -2.38. The predicted molar refractivity (Wildman–Crippen MR) is 134 cm³/mol. The Kier molecular flexibility index (Phi) is 7.93. The van der Waals surface area contributed by atoms with Gasteiger partial charge in [-0.3, -0.25) is 24.9 Å². The summed E-state index contributed by atoms with van der Waals surface area (Å²) >= 11 is 0. The first-order valence-corrected chi connectivity index (χ1v) is 11.8. The molecule has 2 heterocycles. The number of alkyl carbamates (subject to hydrolysis) is 1. The van der Waals surface area contributed by atoms with Gasteiger partial charge in [-0.15, -0.1) is 0 Å². The topological polar surface area (TPSA) is 129 Å². The number of anilines is 1. The molecular weight excluding hydrogens is 448 g/mol. The second-order valence-corrected chi connectivity index (χ2v) is 9.38. The molecule has 1 aromatic heterocycles. The van der Waals surface area contributed by atoms with Crippen molar-refractivity contribution in [1.29, 1.82) is 5.41 Å². The van der Waals surface area contributed by atoms with E-state index in [4.69, 9.17) is 10.1 Å². The van der Waals surface area contributed by atoms with Crippen LogP contribution in [0.5, 0.6) is 0 Å². The molecule has 10 nitrogen and oxygen atoms in total. The first-order valence-electron chi connectivity index (χ1n) is 11.8. The van der Waals surface area contributed by atoms with Gasteiger partial charge in [0.05, 0.1) is 6.20 Å². The van der Waals surface area contributed by atoms with E-state index in [-0.39, 0.29) is 23.8 Å². The van der Waals surface area contributed by atoms with Gasteiger partial charge in [0, 0.05) is 31.6 Å². The van der Waals surface area contributed by atoms with Crippen molar-refractivity contribution >= 4 is 23.5 Å². The number of aromatic nitrogens is 2. The number of nitrogens with one attached hydrogen (secondary N) is 3. The molecule has 35 heavy (non-hydrogen) atoms. The SMILES string of the molecule is CCN(CC)c1cnc2n(c1=O)[C@H](C(=O)NCc1ccc(C(=N)NC(=O)OC(C)(C)C)cc1)CC2. The Balaban J connectivity index is 1.62. The Labute approximate surface area is 205 Å². The summed E-state index contributed by atoms with van der Waals surface area (Å²) in [6.45, 7) is 10.8. The van der Waals surface area contributed by atoms with Crippen LogP contribution in [0.3, 0.4) is 0 Å². The fourth-order valence-electron chi connectivity index (χ4n) is 4.00. The zero-order valence-electron chi connectivity index (χ0n) is 21.0. The average molecular weight is 483 g/mol. The maximum atomic E-state index is 13.1. The number of amidine groups is 1. The minimum atomic E-state index is -0.690. The highest BCUT2D eigenvalue weighted by atomic mass is 16.6. The highest BCUT2D eigenvalue weighted by molar-refractivity contribution is 6.04. The third-order valence-corrected chi connectivity index (χ3v) is 5.75. The zero-order valence-corrected chi connectivity index (χ0v) is 21.0. The molecule has 1 aliphatic rings. The molecule has 188 valence electrons. The van der Waals surface area contributed by atoms with Crippen LogP contribution in [0.15, 0.2) is 35.3 Å². The smallest absolute Gasteiger partial charge is 0.413 e. The Morgan fingerprint density at radius 1 is 1.20 bits per heavy atom. The molecule has 0 spiro atoms. The van der Waals surface area contributed by atoms with Gasteiger partial charge < -0.3 is 15.0 Å². The third kappa shape index (κ3) is 6.26. The van der Waals surface area contributed by atoms with Crippen LogP contribution in [-0.4, -0.2) is 46.1 Å². The van der Waals surface area contributed by atoms with Gasteiger partial charge >= 0.3 is 6.09 Å². The molecule has 0 unspecified atom stereocenters. The van der Waals surface area contributed by atoms with Gasteiger partial charge in [0.25, 0.3) is 5.56 Å². The van der Waals surface area contributed by atoms with Gasteiger partial charge in [-0.25, -0.2) is 9.78 Å². The molecular formula is C25H34N6O4. The monoisotopic (exact) mass is 482 g/mol. The molecule has 1 aliphatic heterocycles. The second kappa shape index (κ2) is 10.7. The van der Waals surface area contributed by atoms with Crippen LogP contribution in [0.25, 0.3) is 0 Å². The van der Waals surface area contributed by atoms with Gasteiger partial charge in [0.2, 0.25) is 5.91 Å². The van der Waals surface area contributed by atoms with Crippen molar-refractivity contribution in [3.8, 4) is 0 Å². The summed E-state index contributed by atoms with van der Waals surface area (Å²) in [6, 6.07) is 6.34. The van der Waals surface area contributed by atoms with E-state index in [0.29, 0.717) is 43.0 Å². The average Bonchev–Trinajstić information content (AvgIpc) is 3.24. The fraction of sp³-hybridized carbons (Fsp3) is 0.480. The summed E-state index contributed by atoms with van der Waals surface area (Å²) in [5.41, 5.74) is 1.01. The number of benzene rings is 1. The molecule has 1 atom stereocenters. The quantitative estimate of drug-likeness (QED) is 0.411. The fourth-order valence-corrected chi connectivity index (χ4v) is 4.00. The van der Waals surface area contributed by atoms with Gasteiger partial charge in [0.15, 0.2) is 0 Å². The Bertz CT molecular complexity index is 1150. The maximum absolute atomic E-state index is 13.1. The van der Waals surface area contributed by atoms with Gasteiger partial charge in [-0.2, -0.15) is 0 Å². The lowest BCUT2D eigenvalue weighted by atomic mass is 10.1. The van der Waals surface area contributed by atoms with E-state index in [9.17, 15) is 14.4 Å². The van der Waals surface area contributed by atoms with Crippen molar-refractivity contribution in [1.82, 2.24) is 20.2 Å². The van der Waals surface area contributed by atoms with Crippen LogP contribution >= 0.6 is 0 Å². The summed E-state index contributed by atoms with van der Waals surface area (Å²) in [5.74, 6) is 0.326. The molecule has 2 amide bonds. The molecule has 0 bridgehead atoms. The van der Waals surface area contributed by atoms with E-state index in [1.807, 2.05) is 18.7 Å². The van der Waals surface area contributed by atoms with E-state index in [1.165, 1.54) is 4.57 Å². The second-order valence-electron chi connectivity index (χ2n) is 9.38. The number of rotatable bonds is 7. The third-order valence-electron chi connectivity index (χ3n) is 5.75. The molecule has 0 radical (unpaired) electrons. The molecule has 0 saturated heterocycles. The molecule has 0 aliphatic carbocycles. The van der Waals surface area contributed by atoms with Crippen LogP contribution in [0.1, 0.15) is 64.0 Å². The van der Waals surface area contributed by atoms with Crippen molar-refractivity contribution in [2.75, 3.05) is 18.0 Å². The number of ether oxygens (including phenoxy) is 1.